The van der Waals surface area contributed by atoms with E-state index < -0.39 is 4.92 Å². The van der Waals surface area contributed by atoms with E-state index in [0.29, 0.717) is 22.1 Å². The number of carbonyl (C=O) groups is 1. The van der Waals surface area contributed by atoms with Gasteiger partial charge in [0.2, 0.25) is 11.1 Å². The lowest BCUT2D eigenvalue weighted by atomic mass is 10.0. The fourth-order valence-corrected chi connectivity index (χ4v) is 2.63. The van der Waals surface area contributed by atoms with Crippen LogP contribution in [-0.2, 0) is 4.79 Å². The molecule has 9 heteroatoms. The van der Waals surface area contributed by atoms with Crippen molar-refractivity contribution in [1.29, 1.82) is 0 Å². The lowest BCUT2D eigenvalue weighted by Crippen LogP contribution is -2.28. The summed E-state index contributed by atoms with van der Waals surface area (Å²) < 4.78 is 0. The van der Waals surface area contributed by atoms with Crippen molar-refractivity contribution in [3.8, 4) is 0 Å². The van der Waals surface area contributed by atoms with E-state index in [2.05, 4.69) is 20.5 Å². The normalized spacial score (nSPS) is 12.0. The summed E-state index contributed by atoms with van der Waals surface area (Å²) in [7, 11) is 0. The molecule has 0 saturated heterocycles. The minimum Gasteiger partial charge on any atom is -0.349 e. The number of benzene rings is 1. The molecule has 2 aromatic rings. The molecule has 2 rings (SSSR count). The summed E-state index contributed by atoms with van der Waals surface area (Å²) in [5.41, 5.74) is 1.33. The maximum Gasteiger partial charge on any atom is 0.272 e. The first-order valence-electron chi connectivity index (χ1n) is 6.93. The Morgan fingerprint density at radius 2 is 2.22 bits per heavy atom. The first kappa shape index (κ1) is 16.9. The van der Waals surface area contributed by atoms with Gasteiger partial charge in [0, 0.05) is 11.6 Å². The highest BCUT2D eigenvalue weighted by Gasteiger charge is 2.16. The lowest BCUT2D eigenvalue weighted by Gasteiger charge is -2.14. The Morgan fingerprint density at radius 3 is 2.83 bits per heavy atom. The quantitative estimate of drug-likeness (QED) is 0.475. The number of thioether (sulfide) groups is 1. The molecule has 1 aromatic heterocycles. The highest BCUT2D eigenvalue weighted by Crippen LogP contribution is 2.23. The molecule has 0 fully saturated rings. The van der Waals surface area contributed by atoms with Crippen LogP contribution in [0.2, 0.25) is 0 Å². The first-order chi connectivity index (χ1) is 10.9. The van der Waals surface area contributed by atoms with Crippen molar-refractivity contribution in [2.24, 2.45) is 0 Å². The van der Waals surface area contributed by atoms with Crippen LogP contribution in [0.3, 0.4) is 0 Å². The molecule has 1 amide bonds. The first-order valence-corrected chi connectivity index (χ1v) is 7.91. The van der Waals surface area contributed by atoms with Gasteiger partial charge >= 0.3 is 0 Å². The van der Waals surface area contributed by atoms with Crippen LogP contribution in [0.4, 0.5) is 5.69 Å². The molecule has 0 spiro atoms. The number of nitrogens with one attached hydrogen (secondary N) is 2. The minimum atomic E-state index is -0.422. The Hall–Kier alpha value is -2.42. The van der Waals surface area contributed by atoms with Gasteiger partial charge in [-0.2, -0.15) is 0 Å². The van der Waals surface area contributed by atoms with Crippen molar-refractivity contribution in [3.63, 3.8) is 0 Å². The van der Waals surface area contributed by atoms with E-state index in [1.54, 1.807) is 32.9 Å². The second kappa shape index (κ2) is 7.23. The number of aromatic nitrogens is 3. The fourth-order valence-electron chi connectivity index (χ4n) is 1.98. The second-order valence-electron chi connectivity index (χ2n) is 5.08. The third-order valence-electron chi connectivity index (χ3n) is 3.22. The van der Waals surface area contributed by atoms with Gasteiger partial charge in [-0.15, -0.1) is 5.10 Å². The highest BCUT2D eigenvalue weighted by atomic mass is 32.2. The van der Waals surface area contributed by atoms with Crippen molar-refractivity contribution >= 4 is 23.4 Å². The van der Waals surface area contributed by atoms with Gasteiger partial charge in [0.05, 0.1) is 16.7 Å². The van der Waals surface area contributed by atoms with Gasteiger partial charge in [-0.05, 0) is 26.3 Å². The predicted molar refractivity (Wildman–Crippen MR) is 86.2 cm³/mol. The van der Waals surface area contributed by atoms with Crippen LogP contribution in [0, 0.1) is 24.0 Å². The van der Waals surface area contributed by atoms with Crippen molar-refractivity contribution in [2.45, 2.75) is 32.0 Å². The second-order valence-corrected chi connectivity index (χ2v) is 6.03. The Morgan fingerprint density at radius 1 is 1.48 bits per heavy atom. The topological polar surface area (TPSA) is 114 Å². The monoisotopic (exact) mass is 335 g/mol. The fraction of sp³-hybridized carbons (Fsp3) is 0.357. The third kappa shape index (κ3) is 4.52. The molecule has 0 bridgehead atoms. The Bertz CT molecular complexity index is 731. The van der Waals surface area contributed by atoms with Crippen LogP contribution in [0.5, 0.6) is 0 Å². The van der Waals surface area contributed by atoms with Crippen LogP contribution in [0.1, 0.15) is 29.9 Å². The number of hydrogen-bond donors (Lipinski definition) is 2. The van der Waals surface area contributed by atoms with E-state index in [4.69, 9.17) is 0 Å². The van der Waals surface area contributed by atoms with Gasteiger partial charge in [-0.3, -0.25) is 20.0 Å². The molecule has 0 aliphatic heterocycles. The average Bonchev–Trinajstić information content (AvgIpc) is 2.91. The number of nitro groups is 1. The van der Waals surface area contributed by atoms with Crippen molar-refractivity contribution in [2.75, 3.05) is 5.75 Å². The number of hydrogen-bond acceptors (Lipinski definition) is 6. The molecule has 0 aliphatic rings. The standard InChI is InChI=1S/C14H17N5O3S/c1-8-4-5-11(6-12(8)19(21)22)9(2)15-13(20)7-23-14-16-10(3)17-18-14/h4-6,9H,7H2,1-3H3,(H,15,20)(H,16,17,18). The molecule has 0 saturated carbocycles. The SMILES string of the molecule is Cc1nc(SCC(=O)NC(C)c2ccc(C)c([N+](=O)[O-])c2)n[nH]1. The molecule has 2 N–H and O–H groups in total. The Balaban J connectivity index is 1.95. The van der Waals surface area contributed by atoms with E-state index in [1.807, 2.05) is 0 Å². The number of H-pyrrole nitrogens is 1. The summed E-state index contributed by atoms with van der Waals surface area (Å²) in [6.07, 6.45) is 0. The third-order valence-corrected chi connectivity index (χ3v) is 4.06. The van der Waals surface area contributed by atoms with Crippen LogP contribution in [0.25, 0.3) is 0 Å². The number of amides is 1. The molecule has 1 unspecified atom stereocenters. The van der Waals surface area contributed by atoms with Gasteiger partial charge < -0.3 is 5.32 Å². The van der Waals surface area contributed by atoms with Crippen molar-refractivity contribution in [1.82, 2.24) is 20.5 Å². The summed E-state index contributed by atoms with van der Waals surface area (Å²) in [5, 5.41) is 20.9. The molecule has 23 heavy (non-hydrogen) atoms. The van der Waals surface area contributed by atoms with E-state index >= 15 is 0 Å². The molecule has 122 valence electrons. The molecular formula is C14H17N5O3S. The minimum absolute atomic E-state index is 0.0502. The zero-order valence-corrected chi connectivity index (χ0v) is 13.8. The lowest BCUT2D eigenvalue weighted by molar-refractivity contribution is -0.385. The van der Waals surface area contributed by atoms with Crippen LogP contribution >= 0.6 is 11.8 Å². The molecule has 8 nitrogen and oxygen atoms in total. The number of nitrogens with zero attached hydrogens (tertiary/aromatic N) is 3. The maximum absolute atomic E-state index is 12.0. The van der Waals surface area contributed by atoms with Gasteiger partial charge in [-0.1, -0.05) is 23.9 Å². The molecular weight excluding hydrogens is 318 g/mol. The summed E-state index contributed by atoms with van der Waals surface area (Å²) >= 11 is 1.22. The van der Waals surface area contributed by atoms with E-state index in [9.17, 15) is 14.9 Å². The van der Waals surface area contributed by atoms with Crippen LogP contribution in [0.15, 0.2) is 23.4 Å². The van der Waals surface area contributed by atoms with E-state index in [-0.39, 0.29) is 23.4 Å². The highest BCUT2D eigenvalue weighted by molar-refractivity contribution is 7.99. The van der Waals surface area contributed by atoms with Crippen molar-refractivity contribution in [3.05, 3.63) is 45.3 Å². The molecule has 1 atom stereocenters. The average molecular weight is 335 g/mol. The summed E-state index contributed by atoms with van der Waals surface area (Å²) in [5.74, 6) is 0.677. The van der Waals surface area contributed by atoms with Gasteiger partial charge in [0.1, 0.15) is 5.82 Å². The molecule has 1 heterocycles. The molecule has 1 aromatic carbocycles. The number of aromatic amines is 1. The Kier molecular flexibility index (Phi) is 5.32. The predicted octanol–water partition coefficient (Wildman–Crippen LogP) is 2.30. The van der Waals surface area contributed by atoms with Crippen molar-refractivity contribution < 1.29 is 9.72 Å². The summed E-state index contributed by atoms with van der Waals surface area (Å²) in [6, 6.07) is 4.63. The van der Waals surface area contributed by atoms with Crippen LogP contribution in [-0.4, -0.2) is 31.8 Å². The Labute approximate surface area is 137 Å². The van der Waals surface area contributed by atoms with Crippen LogP contribution < -0.4 is 5.32 Å². The van der Waals surface area contributed by atoms with Gasteiger partial charge in [0.15, 0.2) is 0 Å². The largest absolute Gasteiger partial charge is 0.349 e. The summed E-state index contributed by atoms with van der Waals surface area (Å²) in [4.78, 5) is 26.6. The van der Waals surface area contributed by atoms with E-state index in [1.165, 1.54) is 17.8 Å². The molecule has 0 aliphatic carbocycles. The zero-order chi connectivity index (χ0) is 17.0. The number of rotatable bonds is 6. The zero-order valence-electron chi connectivity index (χ0n) is 13.0. The number of carbonyl (C=O) groups excluding carboxylic acids is 1. The summed E-state index contributed by atoms with van der Waals surface area (Å²) in [6.45, 7) is 5.25. The van der Waals surface area contributed by atoms with Gasteiger partial charge in [0.25, 0.3) is 5.69 Å². The molecule has 0 radical (unpaired) electrons. The smallest absolute Gasteiger partial charge is 0.272 e. The number of aryl methyl sites for hydroxylation is 2. The van der Waals surface area contributed by atoms with E-state index in [0.717, 1.165) is 0 Å². The number of nitro benzene ring substituents is 1. The maximum atomic E-state index is 12.0. The van der Waals surface area contributed by atoms with Gasteiger partial charge in [-0.25, -0.2) is 4.98 Å².